The van der Waals surface area contributed by atoms with Crippen LogP contribution >= 0.6 is 11.8 Å². The Bertz CT molecular complexity index is 609. The van der Waals surface area contributed by atoms with Crippen LogP contribution in [0.2, 0.25) is 0 Å². The molecule has 0 bridgehead atoms. The summed E-state index contributed by atoms with van der Waals surface area (Å²) in [5.74, 6) is 2.11. The van der Waals surface area contributed by atoms with Gasteiger partial charge < -0.3 is 9.73 Å². The van der Waals surface area contributed by atoms with Gasteiger partial charge in [-0.3, -0.25) is 10.1 Å². The van der Waals surface area contributed by atoms with Crippen molar-refractivity contribution in [2.24, 2.45) is 0 Å². The van der Waals surface area contributed by atoms with Crippen molar-refractivity contribution < 1.29 is 9.21 Å². The molecule has 7 heteroatoms. The van der Waals surface area contributed by atoms with Crippen molar-refractivity contribution in [2.45, 2.75) is 13.0 Å². The number of aryl methyl sites for hydroxylation is 1. The van der Waals surface area contributed by atoms with E-state index < -0.39 is 0 Å². The van der Waals surface area contributed by atoms with E-state index in [1.165, 1.54) is 6.39 Å². The maximum atomic E-state index is 12.1. The largest absolute Gasteiger partial charge is 0.423 e. The molecule has 1 aromatic carbocycles. The zero-order valence-electron chi connectivity index (χ0n) is 10.9. The summed E-state index contributed by atoms with van der Waals surface area (Å²) in [4.78, 5) is 12.1. The Morgan fingerprint density at radius 2 is 2.45 bits per heavy atom. The zero-order chi connectivity index (χ0) is 13.9. The van der Waals surface area contributed by atoms with Crippen molar-refractivity contribution in [3.05, 3.63) is 30.2 Å². The summed E-state index contributed by atoms with van der Waals surface area (Å²) < 4.78 is 5.15. The van der Waals surface area contributed by atoms with Crippen molar-refractivity contribution in [1.82, 2.24) is 15.5 Å². The van der Waals surface area contributed by atoms with Gasteiger partial charge in [-0.15, -0.1) is 22.0 Å². The molecule has 20 heavy (non-hydrogen) atoms. The van der Waals surface area contributed by atoms with Crippen LogP contribution in [0.1, 0.15) is 5.56 Å². The van der Waals surface area contributed by atoms with Gasteiger partial charge in [0.25, 0.3) is 0 Å². The number of carbonyl (C=O) groups is 1. The van der Waals surface area contributed by atoms with E-state index in [4.69, 9.17) is 4.42 Å². The summed E-state index contributed by atoms with van der Waals surface area (Å²) in [6, 6.07) is 5.51. The lowest BCUT2D eigenvalue weighted by Crippen LogP contribution is -2.37. The molecule has 0 spiro atoms. The number of nitrogens with zero attached hydrogens (tertiary/aromatic N) is 2. The maximum Gasteiger partial charge on any atom is 0.247 e. The van der Waals surface area contributed by atoms with Crippen LogP contribution in [0, 0.1) is 6.92 Å². The fourth-order valence-corrected chi connectivity index (χ4v) is 2.96. The molecule has 1 aliphatic rings. The smallest absolute Gasteiger partial charge is 0.247 e. The van der Waals surface area contributed by atoms with Crippen molar-refractivity contribution in [2.75, 3.05) is 16.9 Å². The second-order valence-corrected chi connectivity index (χ2v) is 5.56. The van der Waals surface area contributed by atoms with Crippen LogP contribution in [0.4, 0.5) is 5.69 Å². The van der Waals surface area contributed by atoms with E-state index in [-0.39, 0.29) is 11.9 Å². The first-order chi connectivity index (χ1) is 9.74. The Kier molecular flexibility index (Phi) is 3.70. The quantitative estimate of drug-likeness (QED) is 0.894. The van der Waals surface area contributed by atoms with Gasteiger partial charge in [0, 0.05) is 22.9 Å². The summed E-state index contributed by atoms with van der Waals surface area (Å²) in [5.41, 5.74) is 2.60. The van der Waals surface area contributed by atoms with E-state index in [0.29, 0.717) is 5.89 Å². The molecule has 1 atom stereocenters. The third-order valence-corrected chi connectivity index (χ3v) is 4.06. The van der Waals surface area contributed by atoms with Crippen LogP contribution in [0.15, 0.2) is 29.0 Å². The molecule has 1 unspecified atom stereocenters. The number of anilines is 1. The lowest BCUT2D eigenvalue weighted by Gasteiger charge is -2.12. The molecular weight excluding hydrogens is 276 g/mol. The molecule has 1 fully saturated rings. The molecule has 2 heterocycles. The van der Waals surface area contributed by atoms with Crippen LogP contribution in [0.5, 0.6) is 0 Å². The van der Waals surface area contributed by atoms with Gasteiger partial charge in [0.05, 0.1) is 6.04 Å². The molecule has 3 rings (SSSR count). The predicted molar refractivity (Wildman–Crippen MR) is 77.3 cm³/mol. The summed E-state index contributed by atoms with van der Waals surface area (Å²) >= 11 is 1.73. The number of benzene rings is 1. The minimum Gasteiger partial charge on any atom is -0.423 e. The summed E-state index contributed by atoms with van der Waals surface area (Å²) in [5, 5.41) is 13.6. The molecule has 0 aliphatic carbocycles. The highest BCUT2D eigenvalue weighted by atomic mass is 32.2. The second kappa shape index (κ2) is 5.64. The minimum absolute atomic E-state index is 0.00337. The monoisotopic (exact) mass is 290 g/mol. The normalized spacial score (nSPS) is 18.1. The molecular formula is C13H14N4O2S. The van der Waals surface area contributed by atoms with Gasteiger partial charge >= 0.3 is 0 Å². The van der Waals surface area contributed by atoms with Gasteiger partial charge in [0.1, 0.15) is 0 Å². The zero-order valence-corrected chi connectivity index (χ0v) is 11.7. The molecule has 2 aromatic rings. The number of rotatable bonds is 3. The Morgan fingerprint density at radius 3 is 3.10 bits per heavy atom. The number of amides is 1. The Balaban J connectivity index is 1.76. The fourth-order valence-electron chi connectivity index (χ4n) is 2.02. The Morgan fingerprint density at radius 1 is 1.55 bits per heavy atom. The van der Waals surface area contributed by atoms with E-state index in [9.17, 15) is 4.79 Å². The van der Waals surface area contributed by atoms with E-state index in [0.717, 1.165) is 28.4 Å². The number of aromatic nitrogens is 2. The first kappa shape index (κ1) is 13.1. The van der Waals surface area contributed by atoms with E-state index in [1.807, 2.05) is 25.1 Å². The highest BCUT2D eigenvalue weighted by molar-refractivity contribution is 7.99. The molecule has 0 radical (unpaired) electrons. The third kappa shape index (κ3) is 2.68. The molecule has 1 aliphatic heterocycles. The van der Waals surface area contributed by atoms with Crippen molar-refractivity contribution in [3.8, 4) is 11.5 Å². The number of carbonyl (C=O) groups excluding carboxylic acids is 1. The highest BCUT2D eigenvalue weighted by Gasteiger charge is 2.22. The lowest BCUT2D eigenvalue weighted by molar-refractivity contribution is -0.117. The van der Waals surface area contributed by atoms with Crippen molar-refractivity contribution in [1.29, 1.82) is 0 Å². The van der Waals surface area contributed by atoms with Crippen LogP contribution in [0.3, 0.4) is 0 Å². The Labute approximate surface area is 120 Å². The second-order valence-electron chi connectivity index (χ2n) is 4.53. The molecule has 1 amide bonds. The number of hydrogen-bond acceptors (Lipinski definition) is 6. The molecule has 6 nitrogen and oxygen atoms in total. The minimum atomic E-state index is -0.116. The average Bonchev–Trinajstić information content (AvgIpc) is 3.14. The van der Waals surface area contributed by atoms with Crippen LogP contribution in [0.25, 0.3) is 11.5 Å². The first-order valence-electron chi connectivity index (χ1n) is 6.23. The molecule has 0 saturated carbocycles. The van der Waals surface area contributed by atoms with Crippen molar-refractivity contribution in [3.63, 3.8) is 0 Å². The van der Waals surface area contributed by atoms with Gasteiger partial charge in [-0.05, 0) is 30.7 Å². The topological polar surface area (TPSA) is 80.1 Å². The van der Waals surface area contributed by atoms with Crippen LogP contribution in [-0.4, -0.2) is 33.8 Å². The van der Waals surface area contributed by atoms with E-state index in [1.54, 1.807) is 11.8 Å². The molecule has 104 valence electrons. The molecule has 2 N–H and O–H groups in total. The number of hydrogen-bond donors (Lipinski definition) is 2. The van der Waals surface area contributed by atoms with E-state index >= 15 is 0 Å². The SMILES string of the molecule is Cc1cc(-c2nnco2)ccc1NC(=O)C1CSCN1. The van der Waals surface area contributed by atoms with Crippen LogP contribution in [-0.2, 0) is 4.79 Å². The average molecular weight is 290 g/mol. The van der Waals surface area contributed by atoms with Gasteiger partial charge in [-0.2, -0.15) is 0 Å². The van der Waals surface area contributed by atoms with Gasteiger partial charge in [0.15, 0.2) is 0 Å². The standard InChI is InChI=1S/C13H14N4O2S/c1-8-4-9(13-17-15-6-19-13)2-3-10(8)16-12(18)11-5-20-7-14-11/h2-4,6,11,14H,5,7H2,1H3,(H,16,18). The fraction of sp³-hybridized carbons (Fsp3) is 0.308. The molecule has 1 saturated heterocycles. The first-order valence-corrected chi connectivity index (χ1v) is 7.38. The van der Waals surface area contributed by atoms with Crippen LogP contribution < -0.4 is 10.6 Å². The number of thioether (sulfide) groups is 1. The summed E-state index contributed by atoms with van der Waals surface area (Å²) in [6.45, 7) is 1.94. The van der Waals surface area contributed by atoms with Crippen molar-refractivity contribution >= 4 is 23.4 Å². The lowest BCUT2D eigenvalue weighted by atomic mass is 10.1. The van der Waals surface area contributed by atoms with Gasteiger partial charge in [-0.25, -0.2) is 0 Å². The van der Waals surface area contributed by atoms with E-state index in [2.05, 4.69) is 20.8 Å². The number of nitrogens with one attached hydrogen (secondary N) is 2. The maximum absolute atomic E-state index is 12.1. The molecule has 1 aromatic heterocycles. The summed E-state index contributed by atoms with van der Waals surface area (Å²) in [7, 11) is 0. The highest BCUT2D eigenvalue weighted by Crippen LogP contribution is 2.23. The third-order valence-electron chi connectivity index (χ3n) is 3.12. The Hall–Kier alpha value is -1.86. The van der Waals surface area contributed by atoms with Gasteiger partial charge in [0.2, 0.25) is 18.2 Å². The van der Waals surface area contributed by atoms with Gasteiger partial charge in [-0.1, -0.05) is 0 Å². The summed E-state index contributed by atoms with van der Waals surface area (Å²) in [6.07, 6.45) is 1.30. The predicted octanol–water partition coefficient (Wildman–Crippen LogP) is 1.65.